The maximum atomic E-state index is 12.5. The van der Waals surface area contributed by atoms with Crippen LogP contribution in [0.5, 0.6) is 11.5 Å². The number of H-pyrrole nitrogens is 1. The molecule has 3 heterocycles. The Balaban J connectivity index is 1.99. The fourth-order valence-electron chi connectivity index (χ4n) is 3.16. The average Bonchev–Trinajstić information content (AvgIpc) is 2.93. The Hall–Kier alpha value is -2.26. The molecule has 3 atom stereocenters. The van der Waals surface area contributed by atoms with Gasteiger partial charge in [0.05, 0.1) is 29.3 Å². The molecule has 2 aliphatic rings. The van der Waals surface area contributed by atoms with Crippen LogP contribution in [0.2, 0.25) is 0 Å². The molecule has 0 bridgehead atoms. The van der Waals surface area contributed by atoms with Crippen molar-refractivity contribution in [2.45, 2.75) is 16.2 Å². The number of carboxylic acid groups (broad SMARTS) is 1. The number of esters is 1. The first kappa shape index (κ1) is 15.3. The van der Waals surface area contributed by atoms with Crippen LogP contribution in [0.3, 0.4) is 0 Å². The molecule has 0 radical (unpaired) electrons. The molecule has 9 heteroatoms. The van der Waals surface area contributed by atoms with Gasteiger partial charge in [0.2, 0.25) is 0 Å². The molecule has 124 valence electrons. The molecule has 0 saturated heterocycles. The highest BCUT2D eigenvalue weighted by Crippen LogP contribution is 2.54. The van der Waals surface area contributed by atoms with Gasteiger partial charge in [0.1, 0.15) is 0 Å². The highest BCUT2D eigenvalue weighted by molar-refractivity contribution is 8.00. The zero-order chi connectivity index (χ0) is 17.0. The van der Waals surface area contributed by atoms with Gasteiger partial charge in [0, 0.05) is 16.4 Å². The molecule has 2 aromatic rings. The predicted octanol–water partition coefficient (Wildman–Crippen LogP) is 0.336. The van der Waals surface area contributed by atoms with E-state index in [2.05, 4.69) is 4.98 Å². The van der Waals surface area contributed by atoms with Crippen LogP contribution in [-0.4, -0.2) is 29.3 Å². The number of ether oxygens (including phenoxy) is 2. The van der Waals surface area contributed by atoms with Crippen molar-refractivity contribution in [3.63, 3.8) is 0 Å². The van der Waals surface area contributed by atoms with Crippen LogP contribution in [0, 0.1) is 5.92 Å². The van der Waals surface area contributed by atoms with Gasteiger partial charge in [-0.15, -0.1) is 0 Å². The van der Waals surface area contributed by atoms with Crippen LogP contribution >= 0.6 is 23.1 Å². The summed E-state index contributed by atoms with van der Waals surface area (Å²) in [5.74, 6) is -2.92. The zero-order valence-electron chi connectivity index (χ0n) is 12.2. The number of hydrogen-bond donors (Lipinski definition) is 1. The van der Waals surface area contributed by atoms with E-state index in [0.29, 0.717) is 21.2 Å². The van der Waals surface area contributed by atoms with Crippen molar-refractivity contribution in [1.82, 2.24) is 4.98 Å². The van der Waals surface area contributed by atoms with Crippen LogP contribution in [0.15, 0.2) is 28.0 Å². The maximum Gasteiger partial charge on any atom is 0.317 e. The first-order chi connectivity index (χ1) is 11.5. The molecule has 4 rings (SSSR count). The van der Waals surface area contributed by atoms with E-state index in [1.165, 1.54) is 7.11 Å². The van der Waals surface area contributed by atoms with Crippen molar-refractivity contribution in [2.75, 3.05) is 7.11 Å². The van der Waals surface area contributed by atoms with Crippen LogP contribution in [0.4, 0.5) is 0 Å². The molecule has 7 nitrogen and oxygen atoms in total. The Morgan fingerprint density at radius 2 is 2.17 bits per heavy atom. The van der Waals surface area contributed by atoms with E-state index >= 15 is 0 Å². The largest absolute Gasteiger partial charge is 0.549 e. The normalized spacial score (nSPS) is 24.4. The minimum absolute atomic E-state index is 0.266. The van der Waals surface area contributed by atoms with Crippen LogP contribution in [0.25, 0.3) is 0 Å². The lowest BCUT2D eigenvalue weighted by Crippen LogP contribution is -2.48. The van der Waals surface area contributed by atoms with Gasteiger partial charge in [-0.25, -0.2) is 0 Å². The molecule has 0 fully saturated rings. The molecule has 0 aliphatic carbocycles. The minimum atomic E-state index is -1.36. The highest BCUT2D eigenvalue weighted by Gasteiger charge is 2.50. The van der Waals surface area contributed by atoms with E-state index in [9.17, 15) is 19.5 Å². The second-order valence-electron chi connectivity index (χ2n) is 5.37. The average molecular weight is 364 g/mol. The number of aromatic amines is 1. The molecular formula is C15H10NO6S2-. The lowest BCUT2D eigenvalue weighted by Gasteiger charge is -2.39. The molecule has 0 unspecified atom stereocenters. The number of carbonyl (C=O) groups excluding carboxylic acids is 2. The number of para-hydroxylation sites is 1. The summed E-state index contributed by atoms with van der Waals surface area (Å²) in [5.41, 5.74) is 0.627. The molecule has 0 amide bonds. The first-order valence-electron chi connectivity index (χ1n) is 7.00. The molecule has 1 aromatic heterocycles. The summed E-state index contributed by atoms with van der Waals surface area (Å²) in [6.45, 7) is 0. The summed E-state index contributed by atoms with van der Waals surface area (Å²) in [4.78, 5) is 38.8. The van der Waals surface area contributed by atoms with Crippen molar-refractivity contribution >= 4 is 35.0 Å². The summed E-state index contributed by atoms with van der Waals surface area (Å²) >= 11 is 1.90. The number of thioether (sulfide) groups is 1. The van der Waals surface area contributed by atoms with Crippen molar-refractivity contribution in [3.05, 3.63) is 38.3 Å². The minimum Gasteiger partial charge on any atom is -0.549 e. The van der Waals surface area contributed by atoms with E-state index in [4.69, 9.17) is 9.47 Å². The Morgan fingerprint density at radius 3 is 2.88 bits per heavy atom. The highest BCUT2D eigenvalue weighted by atomic mass is 32.2. The van der Waals surface area contributed by atoms with Gasteiger partial charge in [-0.2, -0.15) is 0 Å². The number of aromatic nitrogens is 1. The number of benzene rings is 1. The third kappa shape index (κ3) is 2.08. The monoisotopic (exact) mass is 364 g/mol. The van der Waals surface area contributed by atoms with Crippen molar-refractivity contribution < 1.29 is 24.2 Å². The molecule has 1 N–H and O–H groups in total. The Kier molecular flexibility index (Phi) is 3.43. The molecule has 2 aliphatic heterocycles. The summed E-state index contributed by atoms with van der Waals surface area (Å²) in [6, 6.07) is 5.14. The van der Waals surface area contributed by atoms with Gasteiger partial charge in [-0.3, -0.25) is 9.59 Å². The van der Waals surface area contributed by atoms with E-state index in [0.717, 1.165) is 23.1 Å². The number of nitrogens with one attached hydrogen (secondary N) is 1. The second kappa shape index (κ2) is 5.38. The van der Waals surface area contributed by atoms with Crippen molar-refractivity contribution in [3.8, 4) is 11.5 Å². The molecular weight excluding hydrogens is 354 g/mol. The fraction of sp³-hybridized carbons (Fsp3) is 0.267. The van der Waals surface area contributed by atoms with Gasteiger partial charge in [0.15, 0.2) is 11.5 Å². The number of rotatable bonds is 2. The maximum absolute atomic E-state index is 12.5. The Morgan fingerprint density at radius 1 is 1.38 bits per heavy atom. The number of carbonyl (C=O) groups is 2. The number of aliphatic carboxylic acids is 1. The van der Waals surface area contributed by atoms with Crippen molar-refractivity contribution in [1.29, 1.82) is 0 Å². The van der Waals surface area contributed by atoms with Crippen LogP contribution < -0.4 is 19.5 Å². The third-order valence-electron chi connectivity index (χ3n) is 4.13. The predicted molar refractivity (Wildman–Crippen MR) is 83.6 cm³/mol. The first-order valence-corrected chi connectivity index (χ1v) is 8.70. The van der Waals surface area contributed by atoms with E-state index in [1.807, 2.05) is 0 Å². The third-order valence-corrected chi connectivity index (χ3v) is 6.52. The SMILES string of the molecule is COc1cccc2c1OC(=O)[C@@H]1[C@@H]2c2sc(=O)[nH]c2S[C@@H]1C(=O)[O-]. The van der Waals surface area contributed by atoms with E-state index < -0.39 is 29.0 Å². The van der Waals surface area contributed by atoms with Gasteiger partial charge >= 0.3 is 10.8 Å². The number of hydrogen-bond acceptors (Lipinski definition) is 8. The fourth-order valence-corrected chi connectivity index (χ4v) is 5.55. The summed E-state index contributed by atoms with van der Waals surface area (Å²) < 4.78 is 10.6. The number of thiazole rings is 1. The summed E-state index contributed by atoms with van der Waals surface area (Å²) in [7, 11) is 1.45. The molecule has 0 spiro atoms. The van der Waals surface area contributed by atoms with Crippen LogP contribution in [-0.2, 0) is 9.59 Å². The summed E-state index contributed by atoms with van der Waals surface area (Å²) in [6.07, 6.45) is 0. The Bertz CT molecular complexity index is 917. The van der Waals surface area contributed by atoms with Gasteiger partial charge in [0.25, 0.3) is 0 Å². The van der Waals surface area contributed by atoms with Gasteiger partial charge in [-0.1, -0.05) is 35.2 Å². The van der Waals surface area contributed by atoms with E-state index in [1.54, 1.807) is 18.2 Å². The molecule has 0 saturated carbocycles. The van der Waals surface area contributed by atoms with Crippen LogP contribution in [0.1, 0.15) is 16.4 Å². The Labute approximate surface area is 143 Å². The lowest BCUT2D eigenvalue weighted by molar-refractivity contribution is -0.306. The quantitative estimate of drug-likeness (QED) is 0.604. The molecule has 1 aromatic carbocycles. The number of carboxylic acids is 1. The van der Waals surface area contributed by atoms with Gasteiger partial charge < -0.3 is 24.4 Å². The number of methoxy groups -OCH3 is 1. The van der Waals surface area contributed by atoms with Crippen molar-refractivity contribution in [2.24, 2.45) is 5.92 Å². The summed E-state index contributed by atoms with van der Waals surface area (Å²) in [5, 5.41) is 10.9. The van der Waals surface area contributed by atoms with Gasteiger partial charge in [-0.05, 0) is 6.07 Å². The molecule has 24 heavy (non-hydrogen) atoms. The van der Waals surface area contributed by atoms with E-state index in [-0.39, 0.29) is 10.6 Å². The standard InChI is InChI=1S/C15H11NO6S2/c1-21-6-4-2-3-5-7-8(14(19)22-9(5)6)11(13(17)18)23-12-10(7)24-15(20)16-12/h2-4,7-8,11H,1H3,(H,16,20)(H,17,18)/p-1/t7-,8-,11+/m1/s1. The zero-order valence-corrected chi connectivity index (χ0v) is 13.9. The smallest absolute Gasteiger partial charge is 0.317 e. The number of fused-ring (bicyclic) bond motifs is 5. The lowest BCUT2D eigenvalue weighted by atomic mass is 9.80. The topological polar surface area (TPSA) is 109 Å². The second-order valence-corrected chi connectivity index (χ2v) is 7.54.